The first-order valence-corrected chi connectivity index (χ1v) is 6.95. The molecule has 0 atom stereocenters. The molecule has 3 rings (SSSR count). The minimum Gasteiger partial charge on any atom is -0.0716 e. The van der Waals surface area contributed by atoms with Gasteiger partial charge >= 0.3 is 0 Å². The molecule has 0 bridgehead atoms. The van der Waals surface area contributed by atoms with E-state index >= 15 is 0 Å². The number of hydrogen-bond donors (Lipinski definition) is 0. The molecule has 2 aromatic carbocycles. The van der Waals surface area contributed by atoms with E-state index in [0.29, 0.717) is 0 Å². The molecule has 1 aliphatic carbocycles. The lowest BCUT2D eigenvalue weighted by atomic mass is 10.1. The molecule has 19 heavy (non-hydrogen) atoms. The van der Waals surface area contributed by atoms with E-state index in [4.69, 9.17) is 0 Å². The molecule has 0 spiro atoms. The Labute approximate surface area is 116 Å². The molecular weight excluding hydrogens is 228 g/mol. The summed E-state index contributed by atoms with van der Waals surface area (Å²) >= 11 is 0. The molecule has 0 unspecified atom stereocenters. The van der Waals surface area contributed by atoms with Crippen molar-refractivity contribution in [2.75, 3.05) is 0 Å². The summed E-state index contributed by atoms with van der Waals surface area (Å²) in [5, 5.41) is 0. The van der Waals surface area contributed by atoms with Crippen molar-refractivity contribution in [1.29, 1.82) is 0 Å². The van der Waals surface area contributed by atoms with Crippen LogP contribution in [0.5, 0.6) is 0 Å². The Hall–Kier alpha value is -1.82. The van der Waals surface area contributed by atoms with Crippen LogP contribution in [0.15, 0.2) is 60.7 Å². The van der Waals surface area contributed by atoms with Crippen molar-refractivity contribution >= 4 is 5.57 Å². The first kappa shape index (κ1) is 13.6. The van der Waals surface area contributed by atoms with Gasteiger partial charge in [0.25, 0.3) is 0 Å². The maximum atomic E-state index is 2.21. The largest absolute Gasteiger partial charge is 0.0716 e. The van der Waals surface area contributed by atoms with Gasteiger partial charge in [0, 0.05) is 6.42 Å². The molecule has 0 saturated carbocycles. The Balaban J connectivity index is 0.000000141. The highest BCUT2D eigenvalue weighted by Gasteiger charge is 2.08. The van der Waals surface area contributed by atoms with Crippen LogP contribution >= 0.6 is 0 Å². The predicted octanol–water partition coefficient (Wildman–Crippen LogP) is 5.24. The highest BCUT2D eigenvalue weighted by molar-refractivity contribution is 5.87. The maximum absolute atomic E-state index is 2.21. The second kappa shape index (κ2) is 6.94. The zero-order chi connectivity index (χ0) is 13.5. The molecule has 97 valence electrons. The molecule has 0 nitrogen and oxygen atoms in total. The van der Waals surface area contributed by atoms with E-state index in [0.717, 1.165) is 0 Å². The van der Waals surface area contributed by atoms with Crippen molar-refractivity contribution in [2.45, 2.75) is 26.7 Å². The zero-order valence-electron chi connectivity index (χ0n) is 11.8. The van der Waals surface area contributed by atoms with Crippen LogP contribution in [0, 0.1) is 13.3 Å². The van der Waals surface area contributed by atoms with Crippen molar-refractivity contribution in [1.82, 2.24) is 0 Å². The second-order valence-electron chi connectivity index (χ2n) is 4.89. The number of rotatable bonds is 3. The van der Waals surface area contributed by atoms with Crippen molar-refractivity contribution in [3.8, 4) is 0 Å². The number of benzene rings is 2. The highest BCUT2D eigenvalue weighted by atomic mass is 14.1. The summed E-state index contributed by atoms with van der Waals surface area (Å²) in [6, 6.07) is 19.1. The first-order chi connectivity index (χ1) is 9.29. The molecular formula is C19H21. The van der Waals surface area contributed by atoms with Crippen LogP contribution in [0.2, 0.25) is 0 Å². The Bertz CT molecular complexity index is 518. The topological polar surface area (TPSA) is 0 Å². The monoisotopic (exact) mass is 249 g/mol. The van der Waals surface area contributed by atoms with Gasteiger partial charge in [0.05, 0.1) is 0 Å². The van der Waals surface area contributed by atoms with Crippen LogP contribution in [-0.2, 0) is 6.42 Å². The fourth-order valence-corrected chi connectivity index (χ4v) is 1.91. The molecule has 0 N–H and O–H groups in total. The number of allylic oxidation sites excluding steroid dienone is 2. The molecule has 0 aliphatic heterocycles. The Kier molecular flexibility index (Phi) is 4.97. The van der Waals surface area contributed by atoms with Crippen molar-refractivity contribution < 1.29 is 0 Å². The van der Waals surface area contributed by atoms with Gasteiger partial charge in [0.1, 0.15) is 0 Å². The summed E-state index contributed by atoms with van der Waals surface area (Å²) in [5.41, 5.74) is 5.50. The van der Waals surface area contributed by atoms with Gasteiger partial charge in [-0.2, -0.15) is 0 Å². The molecule has 0 heterocycles. The van der Waals surface area contributed by atoms with E-state index in [1.54, 1.807) is 0 Å². The van der Waals surface area contributed by atoms with E-state index in [1.165, 1.54) is 35.1 Å². The van der Waals surface area contributed by atoms with Crippen molar-refractivity contribution in [2.24, 2.45) is 0 Å². The third-order valence-corrected chi connectivity index (χ3v) is 3.10. The molecule has 0 heteroatoms. The van der Waals surface area contributed by atoms with Crippen LogP contribution in [0.4, 0.5) is 0 Å². The van der Waals surface area contributed by atoms with Gasteiger partial charge in [0.15, 0.2) is 0 Å². The first-order valence-electron chi connectivity index (χ1n) is 6.95. The average molecular weight is 249 g/mol. The van der Waals surface area contributed by atoms with E-state index in [1.807, 2.05) is 6.07 Å². The van der Waals surface area contributed by atoms with E-state index in [2.05, 4.69) is 74.9 Å². The second-order valence-corrected chi connectivity index (χ2v) is 4.89. The Morgan fingerprint density at radius 2 is 1.47 bits per heavy atom. The highest BCUT2D eigenvalue weighted by Crippen LogP contribution is 2.28. The molecule has 0 fully saturated rings. The molecule has 0 saturated heterocycles. The fourth-order valence-electron chi connectivity index (χ4n) is 1.91. The maximum Gasteiger partial charge on any atom is 0.0131 e. The van der Waals surface area contributed by atoms with Crippen LogP contribution < -0.4 is 0 Å². The Morgan fingerprint density at radius 1 is 0.842 bits per heavy atom. The number of hydrogen-bond acceptors (Lipinski definition) is 0. The van der Waals surface area contributed by atoms with Crippen LogP contribution in [-0.4, -0.2) is 0 Å². The van der Waals surface area contributed by atoms with Crippen molar-refractivity contribution in [3.63, 3.8) is 0 Å². The lowest BCUT2D eigenvalue weighted by Gasteiger charge is -1.97. The lowest BCUT2D eigenvalue weighted by Crippen LogP contribution is -1.81. The lowest BCUT2D eigenvalue weighted by molar-refractivity contribution is 0.921. The zero-order valence-corrected chi connectivity index (χ0v) is 11.8. The molecule has 2 aromatic rings. The van der Waals surface area contributed by atoms with Gasteiger partial charge < -0.3 is 0 Å². The smallest absolute Gasteiger partial charge is 0.0131 e. The van der Waals surface area contributed by atoms with Gasteiger partial charge in [-0.05, 0) is 30.0 Å². The van der Waals surface area contributed by atoms with Gasteiger partial charge in [-0.15, -0.1) is 0 Å². The summed E-state index contributed by atoms with van der Waals surface area (Å²) in [6.07, 6.45) is 6.69. The van der Waals surface area contributed by atoms with Gasteiger partial charge in [-0.1, -0.05) is 79.6 Å². The van der Waals surface area contributed by atoms with Crippen molar-refractivity contribution in [3.05, 3.63) is 83.8 Å². The predicted molar refractivity (Wildman–Crippen MR) is 83.9 cm³/mol. The summed E-state index contributed by atoms with van der Waals surface area (Å²) in [4.78, 5) is 0. The molecule has 1 aliphatic rings. The van der Waals surface area contributed by atoms with Gasteiger partial charge in [-0.25, -0.2) is 0 Å². The van der Waals surface area contributed by atoms with Gasteiger partial charge in [0.2, 0.25) is 0 Å². The summed E-state index contributed by atoms with van der Waals surface area (Å²) in [5.74, 6) is 0. The third kappa shape index (κ3) is 4.75. The number of aryl methyl sites for hydroxylation is 2. The standard InChI is InChI=1S/C10H14.C9H7/c1-3-4-10-7-5-9(2)6-8-10;1-2-4-8(5-3-1)9-6-7-9/h5-8H,3-4H2,1-2H3;1-7H. The summed E-state index contributed by atoms with van der Waals surface area (Å²) in [7, 11) is 0. The fraction of sp³-hybridized carbons (Fsp3) is 0.211. The molecule has 0 aromatic heterocycles. The van der Waals surface area contributed by atoms with E-state index in [9.17, 15) is 0 Å². The normalized spacial score (nSPS) is 12.2. The SMILES string of the molecule is CCCc1ccc(C)cc1.[CH]1C=C1c1ccccc1. The molecule has 0 amide bonds. The third-order valence-electron chi connectivity index (χ3n) is 3.10. The summed E-state index contributed by atoms with van der Waals surface area (Å²) in [6.45, 7) is 4.33. The van der Waals surface area contributed by atoms with Gasteiger partial charge in [-0.3, -0.25) is 0 Å². The van der Waals surface area contributed by atoms with Crippen LogP contribution in [0.1, 0.15) is 30.0 Å². The summed E-state index contributed by atoms with van der Waals surface area (Å²) < 4.78 is 0. The average Bonchev–Trinajstić information content (AvgIpc) is 3.28. The quantitative estimate of drug-likeness (QED) is 0.698. The minimum atomic E-state index is 1.21. The van der Waals surface area contributed by atoms with Crippen LogP contribution in [0.3, 0.4) is 0 Å². The van der Waals surface area contributed by atoms with E-state index in [-0.39, 0.29) is 0 Å². The van der Waals surface area contributed by atoms with E-state index < -0.39 is 0 Å². The Morgan fingerprint density at radius 3 is 2.00 bits per heavy atom. The minimum absolute atomic E-state index is 1.21. The van der Waals surface area contributed by atoms with Crippen LogP contribution in [0.25, 0.3) is 5.57 Å². The molecule has 1 radical (unpaired) electrons.